The molecule has 0 radical (unpaired) electrons. The summed E-state index contributed by atoms with van der Waals surface area (Å²) in [7, 11) is 5.38. The molecule has 0 aliphatic heterocycles. The zero-order valence-electron chi connectivity index (χ0n) is 14.3. The molecule has 2 aromatic rings. The molecular weight excluding hydrogens is 441 g/mol. The van der Waals surface area contributed by atoms with Crippen LogP contribution in [0, 0.1) is 11.6 Å². The Morgan fingerprint density at radius 3 is 2.64 bits per heavy atom. The fourth-order valence-corrected chi connectivity index (χ4v) is 2.80. The van der Waals surface area contributed by atoms with E-state index in [-0.39, 0.29) is 41.5 Å². The minimum atomic E-state index is -0.494. The summed E-state index contributed by atoms with van der Waals surface area (Å²) < 4.78 is 29.4. The summed E-state index contributed by atoms with van der Waals surface area (Å²) in [6, 6.07) is 3.94. The highest BCUT2D eigenvalue weighted by Crippen LogP contribution is 2.43. The summed E-state index contributed by atoms with van der Waals surface area (Å²) in [6.07, 6.45) is 2.17. The van der Waals surface area contributed by atoms with Crippen molar-refractivity contribution in [3.8, 4) is 0 Å². The van der Waals surface area contributed by atoms with Crippen LogP contribution in [0.2, 0.25) is 0 Å². The number of hydrogen-bond donors (Lipinski definition) is 1. The minimum absolute atomic E-state index is 0. The van der Waals surface area contributed by atoms with Crippen LogP contribution in [0.25, 0.3) is 0 Å². The Hall–Kier alpha value is -1.78. The molecule has 1 aromatic heterocycles. The smallest absolute Gasteiger partial charge is 0.194 e. The number of nitrogens with one attached hydrogen (secondary N) is 1. The molecule has 3 rings (SSSR count). The molecule has 6 nitrogen and oxygen atoms in total. The monoisotopic (exact) mass is 462 g/mol. The molecular formula is C16H21F2IN6. The van der Waals surface area contributed by atoms with Crippen molar-refractivity contribution in [3.63, 3.8) is 0 Å². The lowest BCUT2D eigenvalue weighted by Gasteiger charge is -2.21. The van der Waals surface area contributed by atoms with Crippen LogP contribution in [0.5, 0.6) is 0 Å². The minimum Gasteiger partial charge on any atom is -0.353 e. The Bertz CT molecular complexity index is 743. The van der Waals surface area contributed by atoms with Crippen molar-refractivity contribution in [3.05, 3.63) is 47.5 Å². The molecule has 0 saturated heterocycles. The van der Waals surface area contributed by atoms with E-state index in [1.165, 1.54) is 24.5 Å². The zero-order valence-corrected chi connectivity index (χ0v) is 16.6. The summed E-state index contributed by atoms with van der Waals surface area (Å²) >= 11 is 0. The van der Waals surface area contributed by atoms with Gasteiger partial charge in [-0.2, -0.15) is 5.10 Å². The summed E-state index contributed by atoms with van der Waals surface area (Å²) in [6.45, 7) is 0.529. The van der Waals surface area contributed by atoms with Gasteiger partial charge in [0.1, 0.15) is 23.8 Å². The average Bonchev–Trinajstić information content (AvgIpc) is 3.18. The van der Waals surface area contributed by atoms with Crippen molar-refractivity contribution in [1.29, 1.82) is 0 Å². The molecule has 1 saturated carbocycles. The van der Waals surface area contributed by atoms with Gasteiger partial charge in [0.05, 0.1) is 6.54 Å². The third-order valence-electron chi connectivity index (χ3n) is 4.23. The summed E-state index contributed by atoms with van der Waals surface area (Å²) in [4.78, 5) is 10.3. The van der Waals surface area contributed by atoms with Crippen molar-refractivity contribution < 1.29 is 8.78 Å². The van der Waals surface area contributed by atoms with E-state index < -0.39 is 11.6 Å². The molecule has 0 amide bonds. The van der Waals surface area contributed by atoms with Crippen LogP contribution in [-0.4, -0.2) is 45.8 Å². The van der Waals surface area contributed by atoms with E-state index in [0.717, 1.165) is 5.82 Å². The SMILES string of the molecule is CN=C(NC1CC1c1c(F)cccc1F)N(C)Cc1ncnn1C.I. The normalized spacial score (nSPS) is 19.3. The van der Waals surface area contributed by atoms with Crippen LogP contribution >= 0.6 is 24.0 Å². The number of nitrogens with zero attached hydrogens (tertiary/aromatic N) is 5. The van der Waals surface area contributed by atoms with Crippen LogP contribution in [0.1, 0.15) is 23.7 Å². The molecule has 136 valence electrons. The first-order chi connectivity index (χ1) is 11.5. The second-order valence-electron chi connectivity index (χ2n) is 5.93. The topological polar surface area (TPSA) is 58.3 Å². The first-order valence-electron chi connectivity index (χ1n) is 7.72. The van der Waals surface area contributed by atoms with E-state index >= 15 is 0 Å². The lowest BCUT2D eigenvalue weighted by molar-refractivity contribution is 0.447. The highest BCUT2D eigenvalue weighted by atomic mass is 127. The third-order valence-corrected chi connectivity index (χ3v) is 4.23. The second kappa shape index (κ2) is 8.07. The van der Waals surface area contributed by atoms with E-state index in [0.29, 0.717) is 18.9 Å². The molecule has 1 aromatic carbocycles. The summed E-state index contributed by atoms with van der Waals surface area (Å²) in [5.74, 6) is 0.292. The molecule has 2 unspecified atom stereocenters. The molecule has 0 spiro atoms. The van der Waals surface area contributed by atoms with E-state index in [4.69, 9.17) is 0 Å². The lowest BCUT2D eigenvalue weighted by Crippen LogP contribution is -2.40. The van der Waals surface area contributed by atoms with Crippen molar-refractivity contribution in [1.82, 2.24) is 25.0 Å². The van der Waals surface area contributed by atoms with E-state index in [1.54, 1.807) is 11.7 Å². The van der Waals surface area contributed by atoms with Gasteiger partial charge in [0, 0.05) is 38.7 Å². The lowest BCUT2D eigenvalue weighted by atomic mass is 10.1. The number of benzene rings is 1. The predicted molar refractivity (Wildman–Crippen MR) is 102 cm³/mol. The zero-order chi connectivity index (χ0) is 17.3. The molecule has 1 N–H and O–H groups in total. The van der Waals surface area contributed by atoms with Crippen LogP contribution in [0.4, 0.5) is 8.78 Å². The Labute approximate surface area is 162 Å². The van der Waals surface area contributed by atoms with Crippen LogP contribution in [-0.2, 0) is 13.6 Å². The molecule has 1 aliphatic rings. The second-order valence-corrected chi connectivity index (χ2v) is 5.93. The summed E-state index contributed by atoms with van der Waals surface area (Å²) in [5.41, 5.74) is 0.154. The van der Waals surface area contributed by atoms with E-state index in [1.807, 2.05) is 19.0 Å². The first-order valence-corrected chi connectivity index (χ1v) is 7.72. The number of guanidine groups is 1. The van der Waals surface area contributed by atoms with Gasteiger partial charge in [-0.05, 0) is 18.6 Å². The van der Waals surface area contributed by atoms with Crippen LogP contribution in [0.3, 0.4) is 0 Å². The van der Waals surface area contributed by atoms with Gasteiger partial charge in [-0.15, -0.1) is 24.0 Å². The van der Waals surface area contributed by atoms with Crippen LogP contribution < -0.4 is 5.32 Å². The predicted octanol–water partition coefficient (Wildman–Crippen LogP) is 2.27. The maximum atomic E-state index is 13.9. The Morgan fingerprint density at radius 2 is 2.08 bits per heavy atom. The van der Waals surface area contributed by atoms with Gasteiger partial charge < -0.3 is 10.2 Å². The Morgan fingerprint density at radius 1 is 1.40 bits per heavy atom. The quantitative estimate of drug-likeness (QED) is 0.431. The Kier molecular flexibility index (Phi) is 6.31. The van der Waals surface area contributed by atoms with Gasteiger partial charge in [0.2, 0.25) is 0 Å². The van der Waals surface area contributed by atoms with E-state index in [9.17, 15) is 8.78 Å². The molecule has 1 fully saturated rings. The third kappa shape index (κ3) is 4.25. The van der Waals surface area contributed by atoms with Gasteiger partial charge in [0.15, 0.2) is 5.96 Å². The van der Waals surface area contributed by atoms with Gasteiger partial charge in [-0.1, -0.05) is 6.07 Å². The van der Waals surface area contributed by atoms with E-state index in [2.05, 4.69) is 20.4 Å². The number of halogens is 3. The number of hydrogen-bond acceptors (Lipinski definition) is 3. The maximum absolute atomic E-state index is 13.9. The largest absolute Gasteiger partial charge is 0.353 e. The molecule has 2 atom stereocenters. The highest BCUT2D eigenvalue weighted by Gasteiger charge is 2.42. The average molecular weight is 462 g/mol. The number of aliphatic imine (C=N–C) groups is 1. The molecule has 1 aliphatic carbocycles. The number of aromatic nitrogens is 3. The highest BCUT2D eigenvalue weighted by molar-refractivity contribution is 14.0. The fraction of sp³-hybridized carbons (Fsp3) is 0.438. The van der Waals surface area contributed by atoms with Gasteiger partial charge in [-0.25, -0.2) is 13.8 Å². The van der Waals surface area contributed by atoms with Crippen molar-refractivity contribution in [2.75, 3.05) is 14.1 Å². The fourth-order valence-electron chi connectivity index (χ4n) is 2.80. The van der Waals surface area contributed by atoms with Crippen molar-refractivity contribution in [2.45, 2.75) is 24.9 Å². The molecule has 1 heterocycles. The summed E-state index contributed by atoms with van der Waals surface area (Å²) in [5, 5.41) is 7.29. The number of aryl methyl sites for hydroxylation is 1. The molecule has 0 bridgehead atoms. The standard InChI is InChI=1S/C16H20F2N6.HI/c1-19-16(23(2)8-14-20-9-21-24(14)3)22-13-7-10(13)15-11(17)5-4-6-12(15)18;/h4-6,9-10,13H,7-8H2,1-3H3,(H,19,22);1H. The molecule has 9 heteroatoms. The first kappa shape index (κ1) is 19.5. The van der Waals surface area contributed by atoms with Crippen LogP contribution in [0.15, 0.2) is 29.5 Å². The van der Waals surface area contributed by atoms with Gasteiger partial charge >= 0.3 is 0 Å². The number of rotatable bonds is 4. The maximum Gasteiger partial charge on any atom is 0.194 e. The van der Waals surface area contributed by atoms with Gasteiger partial charge in [0.25, 0.3) is 0 Å². The van der Waals surface area contributed by atoms with Crippen molar-refractivity contribution >= 4 is 29.9 Å². The molecule has 25 heavy (non-hydrogen) atoms. The van der Waals surface area contributed by atoms with Gasteiger partial charge in [-0.3, -0.25) is 9.67 Å². The van der Waals surface area contributed by atoms with Crippen molar-refractivity contribution in [2.24, 2.45) is 12.0 Å². The Balaban J connectivity index is 0.00000225.